The first-order valence-electron chi connectivity index (χ1n) is 6.85. The molecule has 1 aliphatic heterocycles. The second kappa shape index (κ2) is 5.92. The molecule has 2 aromatic rings. The largest absolute Gasteiger partial charge is 0.484 e. The van der Waals surface area contributed by atoms with Gasteiger partial charge < -0.3 is 19.2 Å². The van der Waals surface area contributed by atoms with Gasteiger partial charge >= 0.3 is 0 Å². The number of para-hydroxylation sites is 1. The highest BCUT2D eigenvalue weighted by Gasteiger charge is 2.31. The monoisotopic (exact) mass is 298 g/mol. The van der Waals surface area contributed by atoms with Crippen LogP contribution in [0.1, 0.15) is 21.9 Å². The van der Waals surface area contributed by atoms with Crippen molar-refractivity contribution < 1.29 is 19.1 Å². The minimum absolute atomic E-state index is 0.134. The summed E-state index contributed by atoms with van der Waals surface area (Å²) in [6, 6.07) is 12.2. The number of hydrogen-bond acceptors (Lipinski definition) is 5. The van der Waals surface area contributed by atoms with Crippen LogP contribution in [-0.4, -0.2) is 35.1 Å². The number of aliphatic hydroxyl groups is 1. The van der Waals surface area contributed by atoms with Gasteiger partial charge in [0.15, 0.2) is 5.76 Å². The zero-order chi connectivity index (χ0) is 15.5. The van der Waals surface area contributed by atoms with E-state index < -0.39 is 6.10 Å². The number of furan rings is 1. The van der Waals surface area contributed by atoms with E-state index >= 15 is 0 Å². The van der Waals surface area contributed by atoms with Gasteiger partial charge in [-0.3, -0.25) is 4.79 Å². The van der Waals surface area contributed by atoms with Crippen molar-refractivity contribution in [1.29, 1.82) is 5.26 Å². The molecule has 0 radical (unpaired) electrons. The molecule has 1 aromatic heterocycles. The maximum Gasteiger partial charge on any atom is 0.289 e. The molecule has 0 bridgehead atoms. The Labute approximate surface area is 127 Å². The molecule has 6 nitrogen and oxygen atoms in total. The number of benzene rings is 1. The molecule has 0 saturated carbocycles. The van der Waals surface area contributed by atoms with E-state index in [9.17, 15) is 9.90 Å². The van der Waals surface area contributed by atoms with Crippen molar-refractivity contribution in [3.8, 4) is 11.8 Å². The van der Waals surface area contributed by atoms with Gasteiger partial charge in [-0.2, -0.15) is 5.26 Å². The average Bonchev–Trinajstić information content (AvgIpc) is 2.98. The lowest BCUT2D eigenvalue weighted by atomic mass is 10.1. The molecule has 6 heteroatoms. The molecule has 112 valence electrons. The SMILES string of the molecule is N#Cc1ccccc1OCc1ccc(C(=O)N2CC(O)C2)o1. The summed E-state index contributed by atoms with van der Waals surface area (Å²) >= 11 is 0. The van der Waals surface area contributed by atoms with Gasteiger partial charge in [-0.1, -0.05) is 12.1 Å². The summed E-state index contributed by atoms with van der Waals surface area (Å²) in [5.74, 6) is 0.949. The molecule has 22 heavy (non-hydrogen) atoms. The van der Waals surface area contributed by atoms with Crippen LogP contribution < -0.4 is 4.74 Å². The highest BCUT2D eigenvalue weighted by Crippen LogP contribution is 2.20. The zero-order valence-corrected chi connectivity index (χ0v) is 11.7. The van der Waals surface area contributed by atoms with Crippen LogP contribution in [0.2, 0.25) is 0 Å². The van der Waals surface area contributed by atoms with E-state index in [1.54, 1.807) is 36.4 Å². The number of nitrogens with zero attached hydrogens (tertiary/aromatic N) is 2. The van der Waals surface area contributed by atoms with Crippen molar-refractivity contribution in [2.45, 2.75) is 12.7 Å². The molecule has 0 spiro atoms. The minimum Gasteiger partial charge on any atom is -0.484 e. The Morgan fingerprint density at radius 1 is 1.36 bits per heavy atom. The van der Waals surface area contributed by atoms with Crippen LogP contribution in [0.3, 0.4) is 0 Å². The number of rotatable bonds is 4. The van der Waals surface area contributed by atoms with Crippen molar-refractivity contribution in [3.05, 3.63) is 53.5 Å². The minimum atomic E-state index is -0.441. The zero-order valence-electron chi connectivity index (χ0n) is 11.7. The molecule has 1 aromatic carbocycles. The molecule has 1 aliphatic rings. The van der Waals surface area contributed by atoms with Gasteiger partial charge in [0.2, 0.25) is 0 Å². The van der Waals surface area contributed by atoms with Crippen LogP contribution >= 0.6 is 0 Å². The molecule has 0 aliphatic carbocycles. The Bertz CT molecular complexity index is 726. The predicted octanol–water partition coefficient (Wildman–Crippen LogP) is 1.55. The maximum atomic E-state index is 12.0. The summed E-state index contributed by atoms with van der Waals surface area (Å²) < 4.78 is 11.0. The van der Waals surface area contributed by atoms with E-state index in [0.29, 0.717) is 30.2 Å². The Balaban J connectivity index is 1.62. The fourth-order valence-electron chi connectivity index (χ4n) is 2.18. The standard InChI is InChI=1S/C16H14N2O4/c17-7-11-3-1-2-4-14(11)21-10-13-5-6-15(22-13)16(20)18-8-12(19)9-18/h1-6,12,19H,8-10H2. The number of hydrogen-bond donors (Lipinski definition) is 1. The van der Waals surface area contributed by atoms with Crippen molar-refractivity contribution in [1.82, 2.24) is 4.90 Å². The van der Waals surface area contributed by atoms with Crippen molar-refractivity contribution in [2.75, 3.05) is 13.1 Å². The molecule has 3 rings (SSSR count). The molecule has 1 saturated heterocycles. The molecular formula is C16H14N2O4. The molecular weight excluding hydrogens is 284 g/mol. The molecule has 0 unspecified atom stereocenters. The van der Waals surface area contributed by atoms with Gasteiger partial charge in [-0.05, 0) is 24.3 Å². The molecule has 1 fully saturated rings. The van der Waals surface area contributed by atoms with Crippen molar-refractivity contribution >= 4 is 5.91 Å². The summed E-state index contributed by atoms with van der Waals surface area (Å²) in [7, 11) is 0. The van der Waals surface area contributed by atoms with Crippen LogP contribution in [0, 0.1) is 11.3 Å². The lowest BCUT2D eigenvalue weighted by Crippen LogP contribution is -2.53. The number of β-amino-alcohol motifs (C(OH)–C–C–N with tert-alkyl or cyclic N) is 1. The van der Waals surface area contributed by atoms with Gasteiger partial charge in [0.1, 0.15) is 24.2 Å². The first-order chi connectivity index (χ1) is 10.7. The summed E-state index contributed by atoms with van der Waals surface area (Å²) in [6.07, 6.45) is -0.441. The predicted molar refractivity (Wildman–Crippen MR) is 76.1 cm³/mol. The average molecular weight is 298 g/mol. The van der Waals surface area contributed by atoms with Gasteiger partial charge in [0.05, 0.1) is 11.7 Å². The van der Waals surface area contributed by atoms with Gasteiger partial charge in [-0.15, -0.1) is 0 Å². The quantitative estimate of drug-likeness (QED) is 0.925. The van der Waals surface area contributed by atoms with Crippen LogP contribution in [-0.2, 0) is 6.61 Å². The van der Waals surface area contributed by atoms with Crippen molar-refractivity contribution in [3.63, 3.8) is 0 Å². The van der Waals surface area contributed by atoms with E-state index in [2.05, 4.69) is 0 Å². The third kappa shape index (κ3) is 2.80. The van der Waals surface area contributed by atoms with Crippen LogP contribution in [0.15, 0.2) is 40.8 Å². The van der Waals surface area contributed by atoms with E-state index in [0.717, 1.165) is 0 Å². The number of amides is 1. The highest BCUT2D eigenvalue weighted by atomic mass is 16.5. The molecule has 2 heterocycles. The Hall–Kier alpha value is -2.78. The number of carbonyl (C=O) groups is 1. The first-order valence-corrected chi connectivity index (χ1v) is 6.85. The lowest BCUT2D eigenvalue weighted by Gasteiger charge is -2.35. The normalized spacial score (nSPS) is 14.3. The summed E-state index contributed by atoms with van der Waals surface area (Å²) in [4.78, 5) is 13.5. The van der Waals surface area contributed by atoms with Gasteiger partial charge in [0.25, 0.3) is 5.91 Å². The van der Waals surface area contributed by atoms with Crippen LogP contribution in [0.5, 0.6) is 5.75 Å². The molecule has 1 N–H and O–H groups in total. The summed E-state index contributed by atoms with van der Waals surface area (Å²) in [5.41, 5.74) is 0.444. The van der Waals surface area contributed by atoms with E-state index in [4.69, 9.17) is 14.4 Å². The number of ether oxygens (including phenoxy) is 1. The first kappa shape index (κ1) is 14.2. The fraction of sp³-hybridized carbons (Fsp3) is 0.250. The van der Waals surface area contributed by atoms with E-state index in [1.165, 1.54) is 4.90 Å². The Morgan fingerprint density at radius 2 is 2.14 bits per heavy atom. The lowest BCUT2D eigenvalue weighted by molar-refractivity contribution is 0.00375. The number of likely N-dealkylation sites (tertiary alicyclic amines) is 1. The number of carbonyl (C=O) groups excluding carboxylic acids is 1. The molecule has 0 atom stereocenters. The van der Waals surface area contributed by atoms with Crippen molar-refractivity contribution in [2.24, 2.45) is 0 Å². The third-order valence-electron chi connectivity index (χ3n) is 3.40. The maximum absolute atomic E-state index is 12.0. The van der Waals surface area contributed by atoms with Crippen LogP contribution in [0.4, 0.5) is 0 Å². The van der Waals surface area contributed by atoms with Gasteiger partial charge in [0, 0.05) is 13.1 Å². The molecule has 1 amide bonds. The summed E-state index contributed by atoms with van der Waals surface area (Å²) in [6.45, 7) is 0.802. The smallest absolute Gasteiger partial charge is 0.289 e. The Morgan fingerprint density at radius 3 is 2.86 bits per heavy atom. The second-order valence-corrected chi connectivity index (χ2v) is 5.03. The highest BCUT2D eigenvalue weighted by molar-refractivity contribution is 5.92. The Kier molecular flexibility index (Phi) is 3.81. The van der Waals surface area contributed by atoms with Crippen LogP contribution in [0.25, 0.3) is 0 Å². The number of aliphatic hydroxyl groups excluding tert-OH is 1. The van der Waals surface area contributed by atoms with Gasteiger partial charge in [-0.25, -0.2) is 0 Å². The third-order valence-corrected chi connectivity index (χ3v) is 3.40. The number of nitriles is 1. The fourth-order valence-corrected chi connectivity index (χ4v) is 2.18. The van der Waals surface area contributed by atoms with E-state index in [-0.39, 0.29) is 18.3 Å². The summed E-state index contributed by atoms with van der Waals surface area (Å²) in [5, 5.41) is 18.2. The second-order valence-electron chi connectivity index (χ2n) is 5.03. The van der Waals surface area contributed by atoms with E-state index in [1.807, 2.05) is 6.07 Å². The topological polar surface area (TPSA) is 86.7 Å².